The predicted molar refractivity (Wildman–Crippen MR) is 80.3 cm³/mol. The lowest BCUT2D eigenvalue weighted by atomic mass is 10.1. The molecule has 1 heterocycles. The Labute approximate surface area is 122 Å². The summed E-state index contributed by atoms with van der Waals surface area (Å²) in [5.41, 5.74) is 0. The Bertz CT molecular complexity index is 325. The van der Waals surface area contributed by atoms with Crippen LogP contribution in [0.15, 0.2) is 0 Å². The molecule has 20 heavy (non-hydrogen) atoms. The summed E-state index contributed by atoms with van der Waals surface area (Å²) in [5.74, 6) is 1.07. The van der Waals surface area contributed by atoms with Gasteiger partial charge in [0.25, 0.3) is 0 Å². The molecule has 5 heteroatoms. The van der Waals surface area contributed by atoms with Crippen molar-refractivity contribution in [2.75, 3.05) is 26.3 Å². The molecule has 5 nitrogen and oxygen atoms in total. The van der Waals surface area contributed by atoms with Gasteiger partial charge in [-0.25, -0.2) is 14.5 Å². The van der Waals surface area contributed by atoms with Gasteiger partial charge >= 0.3 is 12.1 Å². The van der Waals surface area contributed by atoms with Crippen LogP contribution in [0.25, 0.3) is 0 Å². The minimum Gasteiger partial charge on any atom is -0.306 e. The number of urea groups is 2. The van der Waals surface area contributed by atoms with E-state index in [1.165, 1.54) is 4.90 Å². The summed E-state index contributed by atoms with van der Waals surface area (Å²) in [4.78, 5) is 29.9. The highest BCUT2D eigenvalue weighted by Crippen LogP contribution is 2.17. The van der Waals surface area contributed by atoms with E-state index in [4.69, 9.17) is 0 Å². The lowest BCUT2D eigenvalue weighted by molar-refractivity contribution is 0.0656. The number of nitrogens with zero attached hydrogens (tertiary/aromatic N) is 3. The Hall–Kier alpha value is -1.26. The number of carbonyl (C=O) groups is 2. The summed E-state index contributed by atoms with van der Waals surface area (Å²) in [6, 6.07) is -0.283. The number of hydrogen-bond donors (Lipinski definition) is 0. The van der Waals surface area contributed by atoms with Gasteiger partial charge in [-0.05, 0) is 17.8 Å². The molecular formula is C15H29N3O2. The second kappa shape index (κ2) is 6.95. The van der Waals surface area contributed by atoms with Gasteiger partial charge in [0, 0.05) is 19.6 Å². The van der Waals surface area contributed by atoms with Crippen LogP contribution in [-0.4, -0.2) is 53.1 Å². The zero-order valence-electron chi connectivity index (χ0n) is 13.7. The SMILES string of the molecule is CC(C)CN1CN(CC(C)C)C(=O)N(CC(C)C)C1=O. The van der Waals surface area contributed by atoms with Gasteiger partial charge in [-0.15, -0.1) is 0 Å². The van der Waals surface area contributed by atoms with Gasteiger partial charge < -0.3 is 9.80 Å². The van der Waals surface area contributed by atoms with Crippen LogP contribution in [0.3, 0.4) is 0 Å². The van der Waals surface area contributed by atoms with Crippen LogP contribution in [0.2, 0.25) is 0 Å². The largest absolute Gasteiger partial charge is 0.329 e. The summed E-state index contributed by atoms with van der Waals surface area (Å²) in [6.07, 6.45) is 0. The molecule has 1 rings (SSSR count). The van der Waals surface area contributed by atoms with Gasteiger partial charge in [0.05, 0.1) is 6.67 Å². The second-order valence-electron chi connectivity index (χ2n) is 6.94. The second-order valence-corrected chi connectivity index (χ2v) is 6.94. The van der Waals surface area contributed by atoms with Crippen LogP contribution in [-0.2, 0) is 0 Å². The first-order chi connectivity index (χ1) is 9.22. The van der Waals surface area contributed by atoms with Gasteiger partial charge in [0.1, 0.15) is 0 Å². The van der Waals surface area contributed by atoms with Crippen molar-refractivity contribution in [1.82, 2.24) is 14.7 Å². The minimum atomic E-state index is -0.141. The maximum Gasteiger partial charge on any atom is 0.329 e. The zero-order chi connectivity index (χ0) is 15.4. The molecule has 0 atom stereocenters. The normalized spacial score (nSPS) is 17.1. The Kier molecular flexibility index (Phi) is 5.84. The first-order valence-electron chi connectivity index (χ1n) is 7.57. The molecule has 1 aliphatic heterocycles. The number of amides is 4. The van der Waals surface area contributed by atoms with Crippen molar-refractivity contribution in [1.29, 1.82) is 0 Å². The molecule has 0 unspecified atom stereocenters. The molecule has 1 saturated heterocycles. The fourth-order valence-electron chi connectivity index (χ4n) is 2.42. The highest BCUT2D eigenvalue weighted by Gasteiger charge is 2.37. The van der Waals surface area contributed by atoms with Crippen molar-refractivity contribution in [3.63, 3.8) is 0 Å². The van der Waals surface area contributed by atoms with E-state index in [9.17, 15) is 9.59 Å². The van der Waals surface area contributed by atoms with Gasteiger partial charge in [-0.3, -0.25) is 0 Å². The summed E-state index contributed by atoms with van der Waals surface area (Å²) in [5, 5.41) is 0. The first-order valence-corrected chi connectivity index (χ1v) is 7.57. The molecule has 0 aromatic heterocycles. The van der Waals surface area contributed by atoms with E-state index in [0.29, 0.717) is 38.1 Å². The molecule has 0 spiro atoms. The molecule has 0 radical (unpaired) electrons. The smallest absolute Gasteiger partial charge is 0.306 e. The Morgan fingerprint density at radius 1 is 0.750 bits per heavy atom. The molecule has 1 fully saturated rings. The highest BCUT2D eigenvalue weighted by molar-refractivity contribution is 5.95. The fraction of sp³-hybridized carbons (Fsp3) is 0.867. The molecule has 4 amide bonds. The van der Waals surface area contributed by atoms with Crippen LogP contribution >= 0.6 is 0 Å². The summed E-state index contributed by atoms with van der Waals surface area (Å²) < 4.78 is 0. The van der Waals surface area contributed by atoms with Gasteiger partial charge in [-0.1, -0.05) is 41.5 Å². The lowest BCUT2D eigenvalue weighted by Crippen LogP contribution is -2.62. The van der Waals surface area contributed by atoms with Crippen LogP contribution < -0.4 is 0 Å². The van der Waals surface area contributed by atoms with Crippen molar-refractivity contribution in [2.24, 2.45) is 17.8 Å². The molecule has 0 saturated carbocycles. The number of rotatable bonds is 6. The predicted octanol–water partition coefficient (Wildman–Crippen LogP) is 3.07. The third kappa shape index (κ3) is 4.39. The molecule has 0 aliphatic carbocycles. The third-order valence-electron chi connectivity index (χ3n) is 3.06. The van der Waals surface area contributed by atoms with E-state index in [2.05, 4.69) is 27.7 Å². The van der Waals surface area contributed by atoms with Gasteiger partial charge in [0.15, 0.2) is 0 Å². The molecule has 0 N–H and O–H groups in total. The van der Waals surface area contributed by atoms with Crippen molar-refractivity contribution < 1.29 is 9.59 Å². The van der Waals surface area contributed by atoms with Crippen molar-refractivity contribution in [2.45, 2.75) is 41.5 Å². The zero-order valence-corrected chi connectivity index (χ0v) is 13.7. The number of hydrogen-bond acceptors (Lipinski definition) is 2. The van der Waals surface area contributed by atoms with Gasteiger partial charge in [-0.2, -0.15) is 0 Å². The monoisotopic (exact) mass is 283 g/mol. The van der Waals surface area contributed by atoms with Gasteiger partial charge in [0.2, 0.25) is 0 Å². The maximum absolute atomic E-state index is 12.4. The molecule has 1 aliphatic rings. The van der Waals surface area contributed by atoms with Crippen LogP contribution in [0.5, 0.6) is 0 Å². The lowest BCUT2D eigenvalue weighted by Gasteiger charge is -2.42. The molecule has 0 aromatic carbocycles. The highest BCUT2D eigenvalue weighted by atomic mass is 16.2. The molecule has 0 aromatic rings. The van der Waals surface area contributed by atoms with Crippen LogP contribution in [0.1, 0.15) is 41.5 Å². The first kappa shape index (κ1) is 16.8. The van der Waals surface area contributed by atoms with Crippen molar-refractivity contribution >= 4 is 12.1 Å². The average molecular weight is 283 g/mol. The van der Waals surface area contributed by atoms with E-state index < -0.39 is 0 Å². The van der Waals surface area contributed by atoms with E-state index in [0.717, 1.165) is 0 Å². The Balaban J connectivity index is 2.89. The van der Waals surface area contributed by atoms with E-state index in [1.807, 2.05) is 13.8 Å². The minimum absolute atomic E-state index is 0.141. The molecular weight excluding hydrogens is 254 g/mol. The third-order valence-corrected chi connectivity index (χ3v) is 3.06. The van der Waals surface area contributed by atoms with E-state index in [-0.39, 0.29) is 18.0 Å². The number of imide groups is 1. The fourth-order valence-corrected chi connectivity index (χ4v) is 2.42. The van der Waals surface area contributed by atoms with E-state index >= 15 is 0 Å². The summed E-state index contributed by atoms with van der Waals surface area (Å²) >= 11 is 0. The average Bonchev–Trinajstić information content (AvgIpc) is 2.29. The Morgan fingerprint density at radius 2 is 1.10 bits per heavy atom. The Morgan fingerprint density at radius 3 is 1.40 bits per heavy atom. The molecule has 0 bridgehead atoms. The van der Waals surface area contributed by atoms with Crippen LogP contribution in [0, 0.1) is 17.8 Å². The summed E-state index contributed by atoms with van der Waals surface area (Å²) in [6.45, 7) is 14.7. The van der Waals surface area contributed by atoms with Crippen molar-refractivity contribution in [3.05, 3.63) is 0 Å². The van der Waals surface area contributed by atoms with Crippen molar-refractivity contribution in [3.8, 4) is 0 Å². The standard InChI is InChI=1S/C15H29N3O2/c1-11(2)7-16-10-17(8-12(3)4)15(20)18(14(16)19)9-13(5)6/h11-13H,7-10H2,1-6H3. The summed E-state index contributed by atoms with van der Waals surface area (Å²) in [7, 11) is 0. The quantitative estimate of drug-likeness (QED) is 0.752. The molecule has 116 valence electrons. The number of carbonyl (C=O) groups excluding carboxylic acids is 2. The topological polar surface area (TPSA) is 43.9 Å². The van der Waals surface area contributed by atoms with E-state index in [1.54, 1.807) is 9.80 Å². The maximum atomic E-state index is 12.4. The van der Waals surface area contributed by atoms with Crippen LogP contribution in [0.4, 0.5) is 9.59 Å².